The second kappa shape index (κ2) is 6.43. The largest absolute Gasteiger partial charge is 0.507 e. The normalized spacial score (nSPS) is 11.2. The van der Waals surface area contributed by atoms with Gasteiger partial charge in [-0.1, -0.05) is 0 Å². The van der Waals surface area contributed by atoms with Gasteiger partial charge in [0.2, 0.25) is 0 Å². The number of aromatic hydroxyl groups is 1. The number of hydrogen-bond acceptors (Lipinski definition) is 4. The number of carbonyl (C=O) groups is 1. The van der Waals surface area contributed by atoms with Crippen molar-refractivity contribution >= 4 is 5.91 Å². The minimum atomic E-state index is -0.446. The van der Waals surface area contributed by atoms with Crippen molar-refractivity contribution in [3.8, 4) is 11.5 Å². The van der Waals surface area contributed by atoms with E-state index in [4.69, 9.17) is 9.47 Å². The first kappa shape index (κ1) is 15.3. The molecule has 0 unspecified atom stereocenters. The number of phenols is 1. The first-order valence-electron chi connectivity index (χ1n) is 6.19. The summed E-state index contributed by atoms with van der Waals surface area (Å²) in [6.45, 7) is 6.62. The Morgan fingerprint density at radius 1 is 1.42 bits per heavy atom. The van der Waals surface area contributed by atoms with Gasteiger partial charge >= 0.3 is 0 Å². The van der Waals surface area contributed by atoms with E-state index in [2.05, 4.69) is 5.32 Å². The van der Waals surface area contributed by atoms with Crippen LogP contribution in [0.2, 0.25) is 0 Å². The number of rotatable bonds is 6. The van der Waals surface area contributed by atoms with Crippen LogP contribution in [-0.4, -0.2) is 36.9 Å². The summed E-state index contributed by atoms with van der Waals surface area (Å²) in [5.74, 6) is 0.0868. The van der Waals surface area contributed by atoms with E-state index in [1.807, 2.05) is 20.8 Å². The molecule has 0 aliphatic heterocycles. The van der Waals surface area contributed by atoms with Crippen LogP contribution in [0.1, 0.15) is 31.1 Å². The summed E-state index contributed by atoms with van der Waals surface area (Å²) < 4.78 is 10.5. The molecule has 1 rings (SSSR count). The van der Waals surface area contributed by atoms with E-state index in [1.54, 1.807) is 6.07 Å². The summed E-state index contributed by atoms with van der Waals surface area (Å²) in [7, 11) is 1.51. The van der Waals surface area contributed by atoms with E-state index in [0.29, 0.717) is 18.9 Å². The van der Waals surface area contributed by atoms with Gasteiger partial charge in [-0.3, -0.25) is 4.79 Å². The van der Waals surface area contributed by atoms with Crippen molar-refractivity contribution in [2.24, 2.45) is 0 Å². The SMILES string of the molecule is CCOC(C)(C)CNC(=O)c1cc(OC)ccc1O. The fraction of sp³-hybridized carbons (Fsp3) is 0.500. The van der Waals surface area contributed by atoms with Crippen molar-refractivity contribution in [1.82, 2.24) is 5.32 Å². The van der Waals surface area contributed by atoms with Crippen LogP contribution in [0.5, 0.6) is 11.5 Å². The number of ether oxygens (including phenoxy) is 2. The predicted molar refractivity (Wildman–Crippen MR) is 72.7 cm³/mol. The van der Waals surface area contributed by atoms with E-state index in [1.165, 1.54) is 19.2 Å². The van der Waals surface area contributed by atoms with Gasteiger partial charge in [-0.2, -0.15) is 0 Å². The van der Waals surface area contributed by atoms with Gasteiger partial charge in [0.25, 0.3) is 5.91 Å². The molecule has 106 valence electrons. The summed E-state index contributed by atoms with van der Waals surface area (Å²) in [6.07, 6.45) is 0. The first-order valence-corrected chi connectivity index (χ1v) is 6.19. The summed E-state index contributed by atoms with van der Waals surface area (Å²) in [5, 5.41) is 12.4. The van der Waals surface area contributed by atoms with Crippen molar-refractivity contribution in [3.63, 3.8) is 0 Å². The molecule has 0 bridgehead atoms. The van der Waals surface area contributed by atoms with Crippen molar-refractivity contribution in [1.29, 1.82) is 0 Å². The quantitative estimate of drug-likeness (QED) is 0.826. The van der Waals surface area contributed by atoms with Crippen molar-refractivity contribution in [3.05, 3.63) is 23.8 Å². The fourth-order valence-corrected chi connectivity index (χ4v) is 1.65. The lowest BCUT2D eigenvalue weighted by molar-refractivity contribution is -0.00817. The van der Waals surface area contributed by atoms with E-state index >= 15 is 0 Å². The minimum Gasteiger partial charge on any atom is -0.507 e. The molecule has 5 nitrogen and oxygen atoms in total. The maximum absolute atomic E-state index is 12.0. The highest BCUT2D eigenvalue weighted by Crippen LogP contribution is 2.22. The average molecular weight is 267 g/mol. The van der Waals surface area contributed by atoms with Crippen LogP contribution in [0.25, 0.3) is 0 Å². The van der Waals surface area contributed by atoms with Crippen LogP contribution >= 0.6 is 0 Å². The highest BCUT2D eigenvalue weighted by Gasteiger charge is 2.20. The molecule has 19 heavy (non-hydrogen) atoms. The highest BCUT2D eigenvalue weighted by atomic mass is 16.5. The van der Waals surface area contributed by atoms with Crippen LogP contribution in [0.4, 0.5) is 0 Å². The number of hydrogen-bond donors (Lipinski definition) is 2. The third-order valence-corrected chi connectivity index (χ3v) is 2.66. The molecule has 0 spiro atoms. The van der Waals surface area contributed by atoms with E-state index in [9.17, 15) is 9.90 Å². The number of nitrogens with one attached hydrogen (secondary N) is 1. The third-order valence-electron chi connectivity index (χ3n) is 2.66. The fourth-order valence-electron chi connectivity index (χ4n) is 1.65. The molecule has 0 aliphatic carbocycles. The van der Waals surface area contributed by atoms with Crippen LogP contribution in [0.15, 0.2) is 18.2 Å². The van der Waals surface area contributed by atoms with Crippen LogP contribution < -0.4 is 10.1 Å². The minimum absolute atomic E-state index is 0.0764. The molecular weight excluding hydrogens is 246 g/mol. The molecule has 0 fully saturated rings. The average Bonchev–Trinajstić information content (AvgIpc) is 2.36. The smallest absolute Gasteiger partial charge is 0.255 e. The van der Waals surface area contributed by atoms with Gasteiger partial charge in [-0.25, -0.2) is 0 Å². The third kappa shape index (κ3) is 4.44. The van der Waals surface area contributed by atoms with Crippen LogP contribution in [0, 0.1) is 0 Å². The molecule has 0 aromatic heterocycles. The lowest BCUT2D eigenvalue weighted by Gasteiger charge is -2.25. The van der Waals surface area contributed by atoms with E-state index in [0.717, 1.165) is 0 Å². The lowest BCUT2D eigenvalue weighted by Crippen LogP contribution is -2.40. The van der Waals surface area contributed by atoms with Gasteiger partial charge in [0.1, 0.15) is 11.5 Å². The number of phenolic OH excluding ortho intramolecular Hbond substituents is 1. The molecule has 1 aromatic carbocycles. The maximum atomic E-state index is 12.0. The molecule has 5 heteroatoms. The van der Waals surface area contributed by atoms with E-state index < -0.39 is 5.60 Å². The number of carbonyl (C=O) groups excluding carboxylic acids is 1. The summed E-state index contributed by atoms with van der Waals surface area (Å²) in [5.41, 5.74) is -0.259. The van der Waals surface area contributed by atoms with Gasteiger partial charge < -0.3 is 19.9 Å². The maximum Gasteiger partial charge on any atom is 0.255 e. The van der Waals surface area contributed by atoms with Crippen LogP contribution in [-0.2, 0) is 4.74 Å². The topological polar surface area (TPSA) is 67.8 Å². The van der Waals surface area contributed by atoms with Crippen molar-refractivity contribution < 1.29 is 19.4 Å². The molecule has 2 N–H and O–H groups in total. The number of amides is 1. The van der Waals surface area contributed by atoms with Gasteiger partial charge in [-0.15, -0.1) is 0 Å². The zero-order chi connectivity index (χ0) is 14.5. The molecular formula is C14H21NO4. The first-order chi connectivity index (χ1) is 8.89. The molecule has 0 saturated heterocycles. The van der Waals surface area contributed by atoms with Crippen molar-refractivity contribution in [2.45, 2.75) is 26.4 Å². The Hall–Kier alpha value is -1.75. The van der Waals surface area contributed by atoms with Gasteiger partial charge in [-0.05, 0) is 39.0 Å². The zero-order valence-electron chi connectivity index (χ0n) is 11.8. The Bertz CT molecular complexity index is 443. The molecule has 0 atom stereocenters. The lowest BCUT2D eigenvalue weighted by atomic mass is 10.1. The molecule has 0 radical (unpaired) electrons. The Morgan fingerprint density at radius 3 is 2.68 bits per heavy atom. The standard InChI is InChI=1S/C14H21NO4/c1-5-19-14(2,3)9-15-13(17)11-8-10(18-4)6-7-12(11)16/h6-8,16H,5,9H2,1-4H3,(H,15,17). The van der Waals surface area contributed by atoms with Gasteiger partial charge in [0.15, 0.2) is 0 Å². The second-order valence-electron chi connectivity index (χ2n) is 4.76. The Kier molecular flexibility index (Phi) is 5.18. The Balaban J connectivity index is 2.73. The molecule has 1 aromatic rings. The van der Waals surface area contributed by atoms with Crippen molar-refractivity contribution in [2.75, 3.05) is 20.3 Å². The molecule has 0 heterocycles. The van der Waals surface area contributed by atoms with Crippen LogP contribution in [0.3, 0.4) is 0 Å². The summed E-state index contributed by atoms with van der Waals surface area (Å²) in [4.78, 5) is 12.0. The van der Waals surface area contributed by atoms with Gasteiger partial charge in [0, 0.05) is 13.2 Å². The number of methoxy groups -OCH3 is 1. The summed E-state index contributed by atoms with van der Waals surface area (Å²) >= 11 is 0. The second-order valence-corrected chi connectivity index (χ2v) is 4.76. The monoisotopic (exact) mass is 267 g/mol. The number of benzene rings is 1. The summed E-state index contributed by atoms with van der Waals surface area (Å²) in [6, 6.07) is 4.52. The van der Waals surface area contributed by atoms with Gasteiger partial charge in [0.05, 0.1) is 18.3 Å². The van der Waals surface area contributed by atoms with E-state index in [-0.39, 0.29) is 17.2 Å². The molecule has 0 saturated carbocycles. The highest BCUT2D eigenvalue weighted by molar-refractivity contribution is 5.97. The molecule has 0 aliphatic rings. The molecule has 1 amide bonds. The Labute approximate surface area is 113 Å². The predicted octanol–water partition coefficient (Wildman–Crippen LogP) is 1.95. The Morgan fingerprint density at radius 2 is 2.11 bits per heavy atom. The zero-order valence-corrected chi connectivity index (χ0v) is 11.8.